The van der Waals surface area contributed by atoms with Crippen molar-refractivity contribution in [2.45, 2.75) is 19.4 Å². The molecule has 118 valence electrons. The van der Waals surface area contributed by atoms with Crippen molar-refractivity contribution in [2.75, 3.05) is 54.0 Å². The van der Waals surface area contributed by atoms with Gasteiger partial charge in [0.2, 0.25) is 17.8 Å². The van der Waals surface area contributed by atoms with Gasteiger partial charge in [-0.1, -0.05) is 0 Å². The topological polar surface area (TPSA) is 101 Å². The fourth-order valence-electron chi connectivity index (χ4n) is 1.99. The van der Waals surface area contributed by atoms with Gasteiger partial charge >= 0.3 is 0 Å². The van der Waals surface area contributed by atoms with Crippen LogP contribution < -0.4 is 21.5 Å². The third-order valence-electron chi connectivity index (χ3n) is 3.18. The molecular weight excluding hydrogens is 290 g/mol. The standard InChI is InChI=1S/C12H23N7OS/c1-9(3-8-21-2)14-10-15-11(18-13)17-12(16-10)19-4-6-20-7-5-19/h9H,3-8,13H2,1-2H3,(H2,14,15,16,17,18). The highest BCUT2D eigenvalue weighted by atomic mass is 32.2. The van der Waals surface area contributed by atoms with Gasteiger partial charge in [-0.15, -0.1) is 0 Å². The van der Waals surface area contributed by atoms with E-state index in [1.165, 1.54) is 0 Å². The molecule has 1 aliphatic rings. The van der Waals surface area contributed by atoms with Crippen LogP contribution in [0.1, 0.15) is 13.3 Å². The van der Waals surface area contributed by atoms with Crippen molar-refractivity contribution in [3.05, 3.63) is 0 Å². The van der Waals surface area contributed by atoms with E-state index >= 15 is 0 Å². The fraction of sp³-hybridized carbons (Fsp3) is 0.750. The molecule has 1 aliphatic heterocycles. The molecule has 1 aromatic rings. The lowest BCUT2D eigenvalue weighted by Gasteiger charge is -2.27. The monoisotopic (exact) mass is 313 g/mol. The molecule has 0 radical (unpaired) electrons. The molecule has 1 unspecified atom stereocenters. The average molecular weight is 313 g/mol. The highest BCUT2D eigenvalue weighted by Crippen LogP contribution is 2.15. The molecule has 2 heterocycles. The number of rotatable bonds is 7. The van der Waals surface area contributed by atoms with Crippen molar-refractivity contribution in [3.8, 4) is 0 Å². The van der Waals surface area contributed by atoms with Gasteiger partial charge in [0.1, 0.15) is 0 Å². The summed E-state index contributed by atoms with van der Waals surface area (Å²) < 4.78 is 5.35. The molecule has 1 saturated heterocycles. The van der Waals surface area contributed by atoms with Gasteiger partial charge < -0.3 is 15.0 Å². The molecule has 0 bridgehead atoms. The second-order valence-electron chi connectivity index (χ2n) is 4.85. The zero-order chi connectivity index (χ0) is 15.1. The molecular formula is C12H23N7OS. The first-order valence-electron chi connectivity index (χ1n) is 7.03. The lowest BCUT2D eigenvalue weighted by molar-refractivity contribution is 0.122. The summed E-state index contributed by atoms with van der Waals surface area (Å²) in [5, 5.41) is 3.30. The first-order chi connectivity index (χ1) is 10.2. The van der Waals surface area contributed by atoms with Crippen LogP contribution in [0.25, 0.3) is 0 Å². The maximum Gasteiger partial charge on any atom is 0.243 e. The van der Waals surface area contributed by atoms with Crippen LogP contribution in [0.15, 0.2) is 0 Å². The number of nitrogen functional groups attached to an aromatic ring is 1. The number of hydrogen-bond acceptors (Lipinski definition) is 9. The van der Waals surface area contributed by atoms with Gasteiger partial charge in [0, 0.05) is 19.1 Å². The van der Waals surface area contributed by atoms with E-state index in [0.717, 1.165) is 25.3 Å². The Bertz CT molecular complexity index is 442. The van der Waals surface area contributed by atoms with Crippen LogP contribution in [0.2, 0.25) is 0 Å². The average Bonchev–Trinajstić information content (AvgIpc) is 2.53. The summed E-state index contributed by atoms with van der Waals surface area (Å²) >= 11 is 1.83. The quantitative estimate of drug-likeness (QED) is 0.492. The van der Waals surface area contributed by atoms with E-state index in [1.807, 2.05) is 11.8 Å². The van der Waals surface area contributed by atoms with Gasteiger partial charge in [-0.05, 0) is 25.4 Å². The SMILES string of the molecule is CSCCC(C)Nc1nc(NN)nc(N2CCOCC2)n1. The molecule has 0 spiro atoms. The molecule has 9 heteroatoms. The number of nitrogens with one attached hydrogen (secondary N) is 2. The lowest BCUT2D eigenvalue weighted by atomic mass is 10.3. The second kappa shape index (κ2) is 8.20. The molecule has 2 rings (SSSR count). The van der Waals surface area contributed by atoms with Crippen molar-refractivity contribution < 1.29 is 4.74 Å². The molecule has 1 atom stereocenters. The number of hydrogen-bond donors (Lipinski definition) is 3. The van der Waals surface area contributed by atoms with Crippen molar-refractivity contribution in [1.82, 2.24) is 15.0 Å². The van der Waals surface area contributed by atoms with E-state index in [2.05, 4.69) is 43.8 Å². The number of morpholine rings is 1. The predicted octanol–water partition coefficient (Wildman–Crippen LogP) is 0.547. The Labute approximate surface area is 129 Å². The van der Waals surface area contributed by atoms with Gasteiger partial charge in [0.15, 0.2) is 0 Å². The Balaban J connectivity index is 2.09. The summed E-state index contributed by atoms with van der Waals surface area (Å²) in [4.78, 5) is 15.1. The van der Waals surface area contributed by atoms with Crippen molar-refractivity contribution in [1.29, 1.82) is 0 Å². The van der Waals surface area contributed by atoms with Crippen LogP contribution >= 0.6 is 11.8 Å². The normalized spacial score (nSPS) is 16.6. The highest BCUT2D eigenvalue weighted by molar-refractivity contribution is 7.98. The predicted molar refractivity (Wildman–Crippen MR) is 86.8 cm³/mol. The minimum absolute atomic E-state index is 0.294. The number of thioether (sulfide) groups is 1. The molecule has 8 nitrogen and oxygen atoms in total. The largest absolute Gasteiger partial charge is 0.378 e. The molecule has 0 aliphatic carbocycles. The molecule has 4 N–H and O–H groups in total. The smallest absolute Gasteiger partial charge is 0.243 e. The Morgan fingerprint density at radius 2 is 2.00 bits per heavy atom. The fourth-order valence-corrected chi connectivity index (χ4v) is 2.58. The van der Waals surface area contributed by atoms with E-state index in [-0.39, 0.29) is 0 Å². The third-order valence-corrected chi connectivity index (χ3v) is 3.82. The zero-order valence-electron chi connectivity index (χ0n) is 12.5. The minimum atomic E-state index is 0.294. The molecule has 0 saturated carbocycles. The molecule has 1 fully saturated rings. The van der Waals surface area contributed by atoms with Crippen LogP contribution in [0.3, 0.4) is 0 Å². The maximum absolute atomic E-state index is 5.45. The molecule has 1 aromatic heterocycles. The summed E-state index contributed by atoms with van der Waals surface area (Å²) in [6.07, 6.45) is 3.15. The Hall–Kier alpha value is -1.32. The Morgan fingerprint density at radius 1 is 1.29 bits per heavy atom. The van der Waals surface area contributed by atoms with E-state index in [0.29, 0.717) is 37.1 Å². The van der Waals surface area contributed by atoms with E-state index in [4.69, 9.17) is 10.6 Å². The number of aromatic nitrogens is 3. The second-order valence-corrected chi connectivity index (χ2v) is 5.84. The number of hydrazine groups is 1. The van der Waals surface area contributed by atoms with Crippen molar-refractivity contribution in [2.24, 2.45) is 5.84 Å². The molecule has 21 heavy (non-hydrogen) atoms. The van der Waals surface area contributed by atoms with Crippen LogP contribution in [0, 0.1) is 0 Å². The van der Waals surface area contributed by atoms with Crippen LogP contribution in [0.4, 0.5) is 17.8 Å². The first kappa shape index (κ1) is 16.1. The van der Waals surface area contributed by atoms with Gasteiger partial charge in [-0.2, -0.15) is 26.7 Å². The van der Waals surface area contributed by atoms with Crippen LogP contribution in [-0.4, -0.2) is 59.3 Å². The summed E-state index contributed by atoms with van der Waals surface area (Å²) in [7, 11) is 0. The van der Waals surface area contributed by atoms with Gasteiger partial charge in [-0.3, -0.25) is 5.43 Å². The number of ether oxygens (including phenoxy) is 1. The summed E-state index contributed by atoms with van der Waals surface area (Å²) in [5.41, 5.74) is 2.50. The molecule has 0 aromatic carbocycles. The molecule has 0 amide bonds. The van der Waals surface area contributed by atoms with E-state index < -0.39 is 0 Å². The maximum atomic E-state index is 5.45. The van der Waals surface area contributed by atoms with Gasteiger partial charge in [0.25, 0.3) is 0 Å². The first-order valence-corrected chi connectivity index (χ1v) is 8.43. The number of nitrogens with two attached hydrogens (primary N) is 1. The van der Waals surface area contributed by atoms with Crippen molar-refractivity contribution >= 4 is 29.6 Å². The van der Waals surface area contributed by atoms with E-state index in [1.54, 1.807) is 0 Å². The Kier molecular flexibility index (Phi) is 6.27. The summed E-state index contributed by atoms with van der Waals surface area (Å²) in [6.45, 7) is 5.03. The van der Waals surface area contributed by atoms with Crippen molar-refractivity contribution in [3.63, 3.8) is 0 Å². The Morgan fingerprint density at radius 3 is 2.67 bits per heavy atom. The van der Waals surface area contributed by atoms with Gasteiger partial charge in [-0.25, -0.2) is 5.84 Å². The summed E-state index contributed by atoms with van der Waals surface area (Å²) in [5.74, 6) is 8.09. The highest BCUT2D eigenvalue weighted by Gasteiger charge is 2.17. The lowest BCUT2D eigenvalue weighted by Crippen LogP contribution is -2.37. The number of nitrogens with zero attached hydrogens (tertiary/aromatic N) is 4. The third kappa shape index (κ3) is 4.87. The van der Waals surface area contributed by atoms with Crippen LogP contribution in [0.5, 0.6) is 0 Å². The van der Waals surface area contributed by atoms with Crippen LogP contribution in [-0.2, 0) is 4.74 Å². The van der Waals surface area contributed by atoms with Gasteiger partial charge in [0.05, 0.1) is 13.2 Å². The minimum Gasteiger partial charge on any atom is -0.378 e. The zero-order valence-corrected chi connectivity index (χ0v) is 13.3. The summed E-state index contributed by atoms with van der Waals surface area (Å²) in [6, 6.07) is 0.294. The van der Waals surface area contributed by atoms with E-state index in [9.17, 15) is 0 Å². The number of anilines is 3.